The van der Waals surface area contributed by atoms with Crippen molar-refractivity contribution in [2.45, 2.75) is 17.8 Å². The second-order valence-electron chi connectivity index (χ2n) is 4.01. The summed E-state index contributed by atoms with van der Waals surface area (Å²) < 4.78 is 4.60. The van der Waals surface area contributed by atoms with Crippen molar-refractivity contribution in [3.8, 4) is 0 Å². The molecular weight excluding hydrogens is 278 g/mol. The highest BCUT2D eigenvalue weighted by Crippen LogP contribution is 2.17. The Hall–Kier alpha value is -2.15. The molecule has 2 rings (SSSR count). The lowest BCUT2D eigenvalue weighted by molar-refractivity contribution is 0.0600. The minimum absolute atomic E-state index is 0.172. The molecule has 6 nitrogen and oxygen atoms in total. The fourth-order valence-corrected chi connectivity index (χ4v) is 2.35. The summed E-state index contributed by atoms with van der Waals surface area (Å²) in [7, 11) is 1.33. The van der Waals surface area contributed by atoms with Crippen molar-refractivity contribution in [1.29, 1.82) is 0 Å². The third-order valence-corrected chi connectivity index (χ3v) is 3.36. The van der Waals surface area contributed by atoms with Gasteiger partial charge in [0.1, 0.15) is 0 Å². The van der Waals surface area contributed by atoms with Gasteiger partial charge >= 0.3 is 5.97 Å². The first-order valence-corrected chi connectivity index (χ1v) is 6.81. The van der Waals surface area contributed by atoms with Crippen LogP contribution in [0.3, 0.4) is 0 Å². The molecule has 2 aromatic rings. The zero-order valence-corrected chi connectivity index (χ0v) is 11.9. The van der Waals surface area contributed by atoms with Crippen molar-refractivity contribution in [1.82, 2.24) is 15.0 Å². The Morgan fingerprint density at radius 2 is 2.25 bits per heavy atom. The number of rotatable bonds is 4. The molecule has 2 heterocycles. The number of H-pyrrole nitrogens is 1. The highest BCUT2D eigenvalue weighted by atomic mass is 32.2. The molecule has 0 bridgehead atoms. The molecule has 0 atom stereocenters. The van der Waals surface area contributed by atoms with Gasteiger partial charge in [0.25, 0.3) is 5.56 Å². The van der Waals surface area contributed by atoms with Crippen molar-refractivity contribution in [3.05, 3.63) is 51.7 Å². The first-order chi connectivity index (χ1) is 9.58. The second-order valence-corrected chi connectivity index (χ2v) is 4.97. The fraction of sp³-hybridized carbons (Fsp3) is 0.231. The molecule has 7 heteroatoms. The van der Waals surface area contributed by atoms with Gasteiger partial charge in [-0.05, 0) is 19.1 Å². The number of aromatic amines is 1. The van der Waals surface area contributed by atoms with Crippen LogP contribution in [0.5, 0.6) is 0 Å². The van der Waals surface area contributed by atoms with Crippen molar-refractivity contribution >= 4 is 17.7 Å². The van der Waals surface area contributed by atoms with Crippen molar-refractivity contribution in [2.75, 3.05) is 7.11 Å². The van der Waals surface area contributed by atoms with E-state index in [0.29, 0.717) is 22.2 Å². The minimum atomic E-state index is -0.415. The fourth-order valence-electron chi connectivity index (χ4n) is 1.51. The first kappa shape index (κ1) is 14.3. The van der Waals surface area contributed by atoms with Crippen LogP contribution in [0.15, 0.2) is 34.3 Å². The number of nitrogens with zero attached hydrogens (tertiary/aromatic N) is 2. The average molecular weight is 291 g/mol. The normalized spacial score (nSPS) is 10.3. The van der Waals surface area contributed by atoms with Gasteiger partial charge in [-0.1, -0.05) is 11.8 Å². The van der Waals surface area contributed by atoms with Crippen LogP contribution in [0.25, 0.3) is 0 Å². The number of hydrogen-bond donors (Lipinski definition) is 1. The Bertz CT molecular complexity index is 667. The van der Waals surface area contributed by atoms with Crippen molar-refractivity contribution in [2.24, 2.45) is 0 Å². The predicted octanol–water partition coefficient (Wildman–Crippen LogP) is 1.55. The molecule has 0 saturated heterocycles. The Morgan fingerprint density at radius 3 is 2.85 bits per heavy atom. The van der Waals surface area contributed by atoms with Crippen LogP contribution in [0, 0.1) is 6.92 Å². The zero-order valence-electron chi connectivity index (χ0n) is 11.0. The number of carbonyl (C=O) groups is 1. The molecule has 104 valence electrons. The van der Waals surface area contributed by atoms with Gasteiger partial charge in [0.05, 0.1) is 18.4 Å². The highest BCUT2D eigenvalue weighted by Gasteiger charge is 2.06. The summed E-state index contributed by atoms with van der Waals surface area (Å²) >= 11 is 1.38. The van der Waals surface area contributed by atoms with Crippen LogP contribution in [0.2, 0.25) is 0 Å². The van der Waals surface area contributed by atoms with E-state index in [9.17, 15) is 9.59 Å². The molecule has 0 aromatic carbocycles. The molecule has 0 fully saturated rings. The number of esters is 1. The van der Waals surface area contributed by atoms with Gasteiger partial charge < -0.3 is 9.72 Å². The molecule has 0 unspecified atom stereocenters. The van der Waals surface area contributed by atoms with Gasteiger partial charge in [0.15, 0.2) is 5.16 Å². The molecule has 2 aromatic heterocycles. The molecule has 0 aliphatic carbocycles. The third-order valence-electron chi connectivity index (χ3n) is 2.45. The van der Waals surface area contributed by atoms with Crippen LogP contribution < -0.4 is 5.56 Å². The van der Waals surface area contributed by atoms with Crippen LogP contribution in [0.1, 0.15) is 21.7 Å². The number of nitrogens with one attached hydrogen (secondary N) is 1. The number of aromatic nitrogens is 3. The predicted molar refractivity (Wildman–Crippen MR) is 74.7 cm³/mol. The van der Waals surface area contributed by atoms with E-state index in [1.165, 1.54) is 31.1 Å². The molecule has 20 heavy (non-hydrogen) atoms. The Kier molecular flexibility index (Phi) is 4.52. The molecule has 0 amide bonds. The van der Waals surface area contributed by atoms with E-state index in [1.807, 2.05) is 0 Å². The lowest BCUT2D eigenvalue weighted by Crippen LogP contribution is -2.08. The standard InChI is InChI=1S/C13H13N3O3S/c1-8-5-11(17)16-13(15-8)20-7-10-4-3-9(6-14-10)12(18)19-2/h3-6H,7H2,1-2H3,(H,15,16,17). The number of pyridine rings is 1. The van der Waals surface area contributed by atoms with E-state index in [2.05, 4.69) is 19.7 Å². The van der Waals surface area contributed by atoms with Crippen LogP contribution in [0.4, 0.5) is 0 Å². The molecular formula is C13H13N3O3S. The zero-order chi connectivity index (χ0) is 14.5. The van der Waals surface area contributed by atoms with E-state index in [4.69, 9.17) is 0 Å². The summed E-state index contributed by atoms with van der Waals surface area (Å²) in [6, 6.07) is 4.84. The van der Waals surface area contributed by atoms with Gasteiger partial charge in [0, 0.05) is 23.7 Å². The molecule has 0 aliphatic heterocycles. The molecule has 0 saturated carbocycles. The third kappa shape index (κ3) is 3.67. The van der Waals surface area contributed by atoms with E-state index in [0.717, 1.165) is 5.69 Å². The summed E-state index contributed by atoms with van der Waals surface area (Å²) in [6.45, 7) is 1.77. The van der Waals surface area contributed by atoms with E-state index < -0.39 is 5.97 Å². The minimum Gasteiger partial charge on any atom is -0.465 e. The van der Waals surface area contributed by atoms with Crippen LogP contribution in [-0.4, -0.2) is 28.0 Å². The summed E-state index contributed by atoms with van der Waals surface area (Å²) in [5, 5.41) is 0.550. The average Bonchev–Trinajstić information content (AvgIpc) is 2.44. The summed E-state index contributed by atoms with van der Waals surface area (Å²) in [6.07, 6.45) is 1.47. The maximum atomic E-state index is 11.3. The first-order valence-electron chi connectivity index (χ1n) is 5.82. The number of aryl methyl sites for hydroxylation is 1. The summed E-state index contributed by atoms with van der Waals surface area (Å²) in [4.78, 5) is 33.6. The Morgan fingerprint density at radius 1 is 1.45 bits per heavy atom. The number of hydrogen-bond acceptors (Lipinski definition) is 6. The number of thioether (sulfide) groups is 1. The van der Waals surface area contributed by atoms with Crippen molar-refractivity contribution < 1.29 is 9.53 Å². The lowest BCUT2D eigenvalue weighted by Gasteiger charge is -2.03. The van der Waals surface area contributed by atoms with Gasteiger partial charge in [-0.3, -0.25) is 9.78 Å². The summed E-state index contributed by atoms with van der Waals surface area (Å²) in [5.74, 6) is 0.134. The van der Waals surface area contributed by atoms with E-state index >= 15 is 0 Å². The van der Waals surface area contributed by atoms with Gasteiger partial charge in [-0.15, -0.1) is 0 Å². The van der Waals surface area contributed by atoms with Gasteiger partial charge in [-0.25, -0.2) is 9.78 Å². The maximum absolute atomic E-state index is 11.3. The van der Waals surface area contributed by atoms with Crippen molar-refractivity contribution in [3.63, 3.8) is 0 Å². The smallest absolute Gasteiger partial charge is 0.339 e. The molecule has 0 radical (unpaired) electrons. The topological polar surface area (TPSA) is 84.9 Å². The quantitative estimate of drug-likeness (QED) is 0.522. The van der Waals surface area contributed by atoms with Gasteiger partial charge in [-0.2, -0.15) is 0 Å². The molecule has 0 spiro atoms. The summed E-state index contributed by atoms with van der Waals surface area (Å²) in [5.41, 5.74) is 1.69. The van der Waals surface area contributed by atoms with Crippen LogP contribution in [-0.2, 0) is 10.5 Å². The number of methoxy groups -OCH3 is 1. The Balaban J connectivity index is 2.03. The largest absolute Gasteiger partial charge is 0.465 e. The number of ether oxygens (including phenoxy) is 1. The van der Waals surface area contributed by atoms with E-state index in [1.54, 1.807) is 19.1 Å². The number of carbonyl (C=O) groups excluding carboxylic acids is 1. The lowest BCUT2D eigenvalue weighted by atomic mass is 10.2. The van der Waals surface area contributed by atoms with Gasteiger partial charge in [0.2, 0.25) is 0 Å². The van der Waals surface area contributed by atoms with Crippen LogP contribution >= 0.6 is 11.8 Å². The molecule has 1 N–H and O–H groups in total. The molecule has 0 aliphatic rings. The highest BCUT2D eigenvalue weighted by molar-refractivity contribution is 7.98. The Labute approximate surface area is 119 Å². The maximum Gasteiger partial charge on any atom is 0.339 e. The second kappa shape index (κ2) is 6.33. The SMILES string of the molecule is COC(=O)c1ccc(CSc2nc(C)cc(=O)[nH]2)nc1. The monoisotopic (exact) mass is 291 g/mol. The van der Waals surface area contributed by atoms with E-state index in [-0.39, 0.29) is 5.56 Å².